The summed E-state index contributed by atoms with van der Waals surface area (Å²) in [6.07, 6.45) is 0.849. The van der Waals surface area contributed by atoms with Gasteiger partial charge in [0.2, 0.25) is 5.28 Å². The van der Waals surface area contributed by atoms with E-state index in [-0.39, 0.29) is 22.0 Å². The molecular weight excluding hydrogens is 412 g/mol. The first-order valence-electron chi connectivity index (χ1n) is 8.63. The predicted molar refractivity (Wildman–Crippen MR) is 104 cm³/mol. The van der Waals surface area contributed by atoms with Gasteiger partial charge in [-0.1, -0.05) is 11.6 Å². The highest BCUT2D eigenvalue weighted by Gasteiger charge is 2.26. The maximum Gasteiger partial charge on any atom is 0.408 e. The highest BCUT2D eigenvalue weighted by molar-refractivity contribution is 6.30. The molecule has 1 N–H and O–H groups in total. The summed E-state index contributed by atoms with van der Waals surface area (Å²) in [5, 5.41) is 2.73. The van der Waals surface area contributed by atoms with Gasteiger partial charge in [-0.15, -0.1) is 0 Å². The fourth-order valence-corrected chi connectivity index (χ4v) is 3.10. The standard InChI is InChI=1S/C17H20Cl2FN5O3/c1-17(2,3)28-16(26)22-9-7-25(4-5-27-8-9)14-10-6-21-13(18)11(20)12(10)23-15(19)24-14/h6,9H,4-5,7-8H2,1-3H3,(H,22,26). The van der Waals surface area contributed by atoms with Crippen LogP contribution in [0.2, 0.25) is 10.4 Å². The molecule has 0 bridgehead atoms. The van der Waals surface area contributed by atoms with Crippen molar-refractivity contribution in [2.45, 2.75) is 32.4 Å². The van der Waals surface area contributed by atoms with E-state index < -0.39 is 17.5 Å². The maximum absolute atomic E-state index is 14.4. The van der Waals surface area contributed by atoms with Gasteiger partial charge in [0.05, 0.1) is 24.6 Å². The van der Waals surface area contributed by atoms with Crippen LogP contribution in [0.3, 0.4) is 0 Å². The van der Waals surface area contributed by atoms with Crippen molar-refractivity contribution in [2.24, 2.45) is 0 Å². The van der Waals surface area contributed by atoms with Crippen LogP contribution in [0.1, 0.15) is 20.8 Å². The zero-order chi connectivity index (χ0) is 20.5. The molecule has 0 spiro atoms. The number of anilines is 1. The van der Waals surface area contributed by atoms with Gasteiger partial charge < -0.3 is 19.7 Å². The zero-order valence-corrected chi connectivity index (χ0v) is 17.1. The Morgan fingerprint density at radius 3 is 2.86 bits per heavy atom. The van der Waals surface area contributed by atoms with Crippen molar-refractivity contribution in [2.75, 3.05) is 31.2 Å². The van der Waals surface area contributed by atoms with Gasteiger partial charge in [-0.3, -0.25) is 0 Å². The summed E-state index contributed by atoms with van der Waals surface area (Å²) in [6, 6.07) is -0.369. The summed E-state index contributed by atoms with van der Waals surface area (Å²) in [5.41, 5.74) is -0.634. The summed E-state index contributed by atoms with van der Waals surface area (Å²) < 4.78 is 25.2. The third kappa shape index (κ3) is 4.89. The van der Waals surface area contributed by atoms with Crippen LogP contribution in [0.5, 0.6) is 0 Å². The second-order valence-corrected chi connectivity index (χ2v) is 8.00. The molecule has 3 rings (SSSR count). The molecule has 2 aromatic heterocycles. The number of halogens is 3. The molecule has 0 aromatic carbocycles. The third-order valence-electron chi connectivity index (χ3n) is 3.88. The van der Waals surface area contributed by atoms with E-state index in [0.29, 0.717) is 37.5 Å². The van der Waals surface area contributed by atoms with Gasteiger partial charge in [-0.2, -0.15) is 4.98 Å². The highest BCUT2D eigenvalue weighted by atomic mass is 35.5. The number of alkyl carbamates (subject to hydrolysis) is 1. The van der Waals surface area contributed by atoms with Gasteiger partial charge in [0.1, 0.15) is 16.9 Å². The first kappa shape index (κ1) is 20.8. The molecule has 1 aliphatic rings. The van der Waals surface area contributed by atoms with E-state index in [1.807, 2.05) is 4.90 Å². The number of amides is 1. The molecule has 0 radical (unpaired) electrons. The number of aromatic nitrogens is 3. The Bertz CT molecular complexity index is 893. The van der Waals surface area contributed by atoms with Crippen molar-refractivity contribution in [3.8, 4) is 0 Å². The lowest BCUT2D eigenvalue weighted by Crippen LogP contribution is -2.46. The Hall–Kier alpha value is -1.97. The van der Waals surface area contributed by atoms with Crippen LogP contribution in [0.15, 0.2) is 6.20 Å². The summed E-state index contributed by atoms with van der Waals surface area (Å²) in [4.78, 5) is 26.0. The van der Waals surface area contributed by atoms with Gasteiger partial charge in [0.25, 0.3) is 0 Å². The van der Waals surface area contributed by atoms with Crippen molar-refractivity contribution < 1.29 is 18.7 Å². The van der Waals surface area contributed by atoms with Gasteiger partial charge in [-0.25, -0.2) is 19.2 Å². The average molecular weight is 432 g/mol. The Labute approximate surface area is 171 Å². The molecule has 2 aromatic rings. The van der Waals surface area contributed by atoms with Crippen LogP contribution in [-0.2, 0) is 9.47 Å². The minimum absolute atomic E-state index is 0.0168. The lowest BCUT2D eigenvalue weighted by atomic mass is 10.2. The Balaban J connectivity index is 1.88. The van der Waals surface area contributed by atoms with Crippen LogP contribution < -0.4 is 10.2 Å². The predicted octanol–water partition coefficient (Wildman–Crippen LogP) is 3.20. The molecule has 11 heteroatoms. The molecule has 0 aliphatic carbocycles. The molecule has 0 saturated carbocycles. The van der Waals surface area contributed by atoms with Crippen LogP contribution in [0.25, 0.3) is 10.9 Å². The van der Waals surface area contributed by atoms with Gasteiger partial charge >= 0.3 is 6.09 Å². The van der Waals surface area contributed by atoms with Gasteiger partial charge in [0.15, 0.2) is 11.0 Å². The lowest BCUT2D eigenvalue weighted by molar-refractivity contribution is 0.0466. The monoisotopic (exact) mass is 431 g/mol. The highest BCUT2D eigenvalue weighted by Crippen LogP contribution is 2.29. The number of carbonyl (C=O) groups is 1. The fraction of sp³-hybridized carbons (Fsp3) is 0.529. The van der Waals surface area contributed by atoms with Crippen molar-refractivity contribution >= 4 is 46.0 Å². The van der Waals surface area contributed by atoms with E-state index in [0.717, 1.165) is 0 Å². The molecular formula is C17H20Cl2FN5O3. The van der Waals surface area contributed by atoms with Crippen molar-refractivity contribution in [3.63, 3.8) is 0 Å². The van der Waals surface area contributed by atoms with Crippen molar-refractivity contribution in [1.29, 1.82) is 0 Å². The van der Waals surface area contributed by atoms with E-state index in [1.165, 1.54) is 6.20 Å². The number of carbonyl (C=O) groups excluding carboxylic acids is 1. The number of hydrogen-bond acceptors (Lipinski definition) is 7. The van der Waals surface area contributed by atoms with E-state index in [1.54, 1.807) is 20.8 Å². The van der Waals surface area contributed by atoms with Crippen molar-refractivity contribution in [1.82, 2.24) is 20.3 Å². The zero-order valence-electron chi connectivity index (χ0n) is 15.6. The number of nitrogens with zero attached hydrogens (tertiary/aromatic N) is 4. The topological polar surface area (TPSA) is 89.5 Å². The first-order valence-corrected chi connectivity index (χ1v) is 9.39. The second kappa shape index (κ2) is 8.18. The third-order valence-corrected chi connectivity index (χ3v) is 4.31. The number of hydrogen-bond donors (Lipinski definition) is 1. The lowest BCUT2D eigenvalue weighted by Gasteiger charge is -2.27. The minimum atomic E-state index is -0.765. The second-order valence-electron chi connectivity index (χ2n) is 7.31. The number of rotatable bonds is 2. The molecule has 1 unspecified atom stereocenters. The van der Waals surface area contributed by atoms with Crippen LogP contribution in [0, 0.1) is 5.82 Å². The molecule has 1 atom stereocenters. The van der Waals surface area contributed by atoms with E-state index in [4.69, 9.17) is 32.7 Å². The summed E-state index contributed by atoms with van der Waals surface area (Å²) in [7, 11) is 0. The van der Waals surface area contributed by atoms with Gasteiger partial charge in [-0.05, 0) is 32.4 Å². The Morgan fingerprint density at radius 2 is 2.14 bits per heavy atom. The number of pyridine rings is 1. The molecule has 28 heavy (non-hydrogen) atoms. The number of fused-ring (bicyclic) bond motifs is 1. The quantitative estimate of drug-likeness (QED) is 0.576. The molecule has 8 nitrogen and oxygen atoms in total. The fourth-order valence-electron chi connectivity index (χ4n) is 2.80. The summed E-state index contributed by atoms with van der Waals surface area (Å²) in [5.74, 6) is -0.376. The SMILES string of the molecule is CC(C)(C)OC(=O)NC1COCCN(c2nc(Cl)nc3c(F)c(Cl)ncc23)C1. The smallest absolute Gasteiger partial charge is 0.408 e. The van der Waals surface area contributed by atoms with Crippen LogP contribution >= 0.6 is 23.2 Å². The molecule has 1 amide bonds. The maximum atomic E-state index is 14.4. The summed E-state index contributed by atoms with van der Waals surface area (Å²) >= 11 is 11.8. The Kier molecular flexibility index (Phi) is 6.07. The van der Waals surface area contributed by atoms with Crippen LogP contribution in [0.4, 0.5) is 15.0 Å². The average Bonchev–Trinajstić information content (AvgIpc) is 2.81. The van der Waals surface area contributed by atoms with Crippen LogP contribution in [-0.4, -0.2) is 59.0 Å². The summed E-state index contributed by atoms with van der Waals surface area (Å²) in [6.45, 7) is 6.84. The largest absolute Gasteiger partial charge is 0.444 e. The van der Waals surface area contributed by atoms with E-state index >= 15 is 0 Å². The molecule has 3 heterocycles. The molecule has 1 aliphatic heterocycles. The Morgan fingerprint density at radius 1 is 1.39 bits per heavy atom. The minimum Gasteiger partial charge on any atom is -0.444 e. The number of ether oxygens (including phenoxy) is 2. The molecule has 152 valence electrons. The first-order chi connectivity index (χ1) is 13.1. The van der Waals surface area contributed by atoms with E-state index in [9.17, 15) is 9.18 Å². The molecule has 1 fully saturated rings. The molecule has 1 saturated heterocycles. The van der Waals surface area contributed by atoms with Gasteiger partial charge in [0, 0.05) is 19.3 Å². The normalized spacial score (nSPS) is 18.1. The van der Waals surface area contributed by atoms with Crippen molar-refractivity contribution in [3.05, 3.63) is 22.5 Å². The number of nitrogens with one attached hydrogen (secondary N) is 1. The van der Waals surface area contributed by atoms with E-state index in [2.05, 4.69) is 20.3 Å².